The molecule has 2 unspecified atom stereocenters. The van der Waals surface area contributed by atoms with Crippen molar-refractivity contribution in [2.45, 2.75) is 232 Å². The number of nitrogen functional groups attached to an aromatic ring is 1. The molecular formula is C68H115N7O3. The lowest BCUT2D eigenvalue weighted by atomic mass is 9.82. The number of nitrogens with zero attached hydrogens (tertiary/aromatic N) is 5. The number of aromatic nitrogens is 3. The molecule has 10 nitrogen and oxygen atoms in total. The van der Waals surface area contributed by atoms with Gasteiger partial charge in [0.1, 0.15) is 5.82 Å². The molecule has 0 saturated heterocycles. The first-order valence-corrected chi connectivity index (χ1v) is 30.3. The number of imidazole rings is 1. The van der Waals surface area contributed by atoms with Gasteiger partial charge in [0.25, 0.3) is 0 Å². The fourth-order valence-corrected chi connectivity index (χ4v) is 9.47. The van der Waals surface area contributed by atoms with Crippen LogP contribution in [0, 0.1) is 17.8 Å². The van der Waals surface area contributed by atoms with Gasteiger partial charge in [0, 0.05) is 56.3 Å². The molecule has 440 valence electrons. The molecule has 0 spiro atoms. The maximum atomic E-state index is 12.6. The summed E-state index contributed by atoms with van der Waals surface area (Å²) in [6, 6.07) is 19.0. The molecule has 2 atom stereocenters. The van der Waals surface area contributed by atoms with E-state index in [2.05, 4.69) is 134 Å². The Bertz CT molecular complexity index is 2390. The minimum Gasteiger partial charge on any atom is -0.384 e. The van der Waals surface area contributed by atoms with Crippen molar-refractivity contribution in [1.82, 2.24) is 19.0 Å². The van der Waals surface area contributed by atoms with Crippen LogP contribution in [0.5, 0.6) is 0 Å². The zero-order valence-electron chi connectivity index (χ0n) is 53.4. The van der Waals surface area contributed by atoms with Crippen LogP contribution < -0.4 is 17.3 Å². The van der Waals surface area contributed by atoms with Crippen molar-refractivity contribution < 1.29 is 9.63 Å². The van der Waals surface area contributed by atoms with Crippen LogP contribution in [0.15, 0.2) is 100 Å². The Labute approximate surface area is 477 Å². The van der Waals surface area contributed by atoms with E-state index in [0.717, 1.165) is 70.4 Å². The first-order chi connectivity index (χ1) is 37.1. The topological polar surface area (TPSA) is 134 Å². The number of fused-ring (bicyclic) bond motifs is 1. The highest BCUT2D eigenvalue weighted by molar-refractivity contribution is 5.94. The minimum absolute atomic E-state index is 0.0298. The number of benzene rings is 2. The van der Waals surface area contributed by atoms with Gasteiger partial charge in [-0.3, -0.25) is 23.8 Å². The van der Waals surface area contributed by atoms with Gasteiger partial charge in [-0.05, 0) is 182 Å². The van der Waals surface area contributed by atoms with Gasteiger partial charge in [-0.1, -0.05) is 157 Å². The standard InChI is InChI=1S/C17H27N3O2.C17H23N3.C15H31N.C15H22O.2C2H6/c1-6-13-7-8-14-15(11-13)19(5)16(21)20(14)12(2)9-10-17(3,4)22-18;1-12(2)13(3)10-14(4)16(8-9-19-5)15-6-7-17(18)20-11-15;1-5-11-16(14(4)6-2)12-15-9-7-13(3)8-10-15;1-4-6-14(7-5-2)15-10-8-13(9-11-15)12(3)16;2*1-2/h7-8,11-12H,6,9-10,18H2,1-5H3;6-12H,4H2,1-3,5H3,(H2,18,20);13-15H,5-12H2,1-4H3;8-11,14H,4-7H2,1-3H3;2*1-2H3/b;13-10+,16-8+,19-9?;;;;. The van der Waals surface area contributed by atoms with Crippen molar-refractivity contribution in [3.8, 4) is 0 Å². The fraction of sp³-hybridized carbons (Fsp3) is 0.618. The minimum atomic E-state index is -0.377. The van der Waals surface area contributed by atoms with Crippen LogP contribution >= 0.6 is 0 Å². The van der Waals surface area contributed by atoms with Crippen molar-refractivity contribution in [3.63, 3.8) is 0 Å². The summed E-state index contributed by atoms with van der Waals surface area (Å²) in [4.78, 5) is 39.6. The summed E-state index contributed by atoms with van der Waals surface area (Å²) in [5, 5.41) is 0. The van der Waals surface area contributed by atoms with Gasteiger partial charge >= 0.3 is 5.69 Å². The highest BCUT2D eigenvalue weighted by Gasteiger charge is 2.23. The number of ketones is 1. The number of pyridine rings is 1. The van der Waals surface area contributed by atoms with Gasteiger partial charge in [-0.2, -0.15) is 0 Å². The van der Waals surface area contributed by atoms with E-state index < -0.39 is 0 Å². The van der Waals surface area contributed by atoms with Crippen LogP contribution in [-0.2, 0) is 18.3 Å². The summed E-state index contributed by atoms with van der Waals surface area (Å²) in [6.45, 7) is 44.9. The number of rotatable bonds is 23. The van der Waals surface area contributed by atoms with Crippen molar-refractivity contribution in [2.24, 2.45) is 35.7 Å². The normalized spacial score (nSPS) is 15.4. The van der Waals surface area contributed by atoms with Gasteiger partial charge in [0.05, 0.1) is 16.6 Å². The lowest BCUT2D eigenvalue weighted by Crippen LogP contribution is -2.38. The molecule has 0 bridgehead atoms. The molecule has 4 N–H and O–H groups in total. The van der Waals surface area contributed by atoms with Crippen LogP contribution in [0.2, 0.25) is 0 Å². The number of carbonyl (C=O) groups excluding carboxylic acids is 1. The molecule has 0 radical (unpaired) electrons. The summed E-state index contributed by atoms with van der Waals surface area (Å²) in [5.74, 6) is 9.10. The maximum Gasteiger partial charge on any atom is 0.329 e. The number of nitrogens with two attached hydrogens (primary N) is 2. The van der Waals surface area contributed by atoms with Crippen LogP contribution in [0.25, 0.3) is 16.6 Å². The molecule has 1 saturated carbocycles. The number of Topliss-reactive ketones (excluding diaryl/α,β-unsaturated/α-hetero) is 1. The highest BCUT2D eigenvalue weighted by atomic mass is 16.6. The van der Waals surface area contributed by atoms with Crippen molar-refractivity contribution in [2.75, 3.05) is 25.9 Å². The molecule has 1 aliphatic rings. The number of aliphatic imine (C=N–C) groups is 1. The molecule has 1 fully saturated rings. The zero-order chi connectivity index (χ0) is 59.5. The second-order valence-corrected chi connectivity index (χ2v) is 22.0. The molecule has 78 heavy (non-hydrogen) atoms. The first kappa shape index (κ1) is 73.1. The van der Waals surface area contributed by atoms with E-state index in [9.17, 15) is 9.59 Å². The average molecular weight is 1080 g/mol. The van der Waals surface area contributed by atoms with Crippen LogP contribution in [0.3, 0.4) is 0 Å². The molecule has 0 amide bonds. The third-order valence-corrected chi connectivity index (χ3v) is 15.0. The third kappa shape index (κ3) is 25.9. The number of anilines is 1. The molecule has 10 heteroatoms. The maximum absolute atomic E-state index is 12.6. The number of aryl methyl sites for hydroxylation is 2. The monoisotopic (exact) mass is 1080 g/mol. The van der Waals surface area contributed by atoms with Crippen LogP contribution in [-0.4, -0.2) is 62.8 Å². The molecule has 0 aliphatic heterocycles. The van der Waals surface area contributed by atoms with Crippen LogP contribution in [0.1, 0.15) is 241 Å². The van der Waals surface area contributed by atoms with Gasteiger partial charge in [-0.25, -0.2) is 15.7 Å². The quantitative estimate of drug-likeness (QED) is 0.0327. The van der Waals surface area contributed by atoms with Crippen molar-refractivity contribution >= 4 is 34.4 Å². The molecule has 4 aromatic rings. The smallest absolute Gasteiger partial charge is 0.329 e. The number of allylic oxidation sites excluding steroid dienone is 5. The Morgan fingerprint density at radius 3 is 1.94 bits per heavy atom. The SMILES string of the molecule is C=C(/C=C(\C)C(C)C)/C(=C\C=NC)c1ccc(N)nc1.CC.CC.CCCC(CCC)c1ccc(C(C)=O)cc1.CCCN(CC1CCC(C)CC1)C(C)CC.CCc1ccc2c(c1)n(C)c(=O)n2C(C)CCC(C)(C)ON. The van der Waals surface area contributed by atoms with E-state index in [1.54, 1.807) is 37.0 Å². The largest absolute Gasteiger partial charge is 0.384 e. The van der Waals surface area contributed by atoms with Gasteiger partial charge in [0.15, 0.2) is 5.78 Å². The van der Waals surface area contributed by atoms with E-state index in [0.29, 0.717) is 17.7 Å². The number of hydrogen-bond acceptors (Lipinski definition) is 8. The summed E-state index contributed by atoms with van der Waals surface area (Å²) in [7, 11) is 3.58. The Morgan fingerprint density at radius 2 is 1.46 bits per heavy atom. The zero-order valence-corrected chi connectivity index (χ0v) is 53.4. The molecule has 5 rings (SSSR count). The summed E-state index contributed by atoms with van der Waals surface area (Å²) < 4.78 is 3.61. The molecule has 2 aromatic heterocycles. The number of hydrogen-bond donors (Lipinski definition) is 2. The Balaban J connectivity index is 0.000000999. The van der Waals surface area contributed by atoms with E-state index in [1.165, 1.54) is 94.0 Å². The van der Waals surface area contributed by atoms with Gasteiger partial charge in [-0.15, -0.1) is 0 Å². The van der Waals surface area contributed by atoms with E-state index in [1.807, 2.05) is 77.4 Å². The lowest BCUT2D eigenvalue weighted by Gasteiger charge is -2.34. The predicted molar refractivity (Wildman–Crippen MR) is 343 cm³/mol. The van der Waals surface area contributed by atoms with Gasteiger partial charge < -0.3 is 10.6 Å². The second kappa shape index (κ2) is 40.3. The van der Waals surface area contributed by atoms with Crippen molar-refractivity contribution in [3.05, 3.63) is 123 Å². The van der Waals surface area contributed by atoms with Crippen molar-refractivity contribution in [1.29, 1.82) is 0 Å². The number of carbonyl (C=O) groups is 1. The Hall–Kier alpha value is -4.90. The predicted octanol–water partition coefficient (Wildman–Crippen LogP) is 17.8. The van der Waals surface area contributed by atoms with E-state index in [-0.39, 0.29) is 23.1 Å². The molecule has 2 aromatic carbocycles. The van der Waals surface area contributed by atoms with Crippen LogP contribution in [0.4, 0.5) is 5.82 Å². The average Bonchev–Trinajstić information content (AvgIpc) is 3.69. The second-order valence-electron chi connectivity index (χ2n) is 22.0. The summed E-state index contributed by atoms with van der Waals surface area (Å²) >= 11 is 0. The lowest BCUT2D eigenvalue weighted by molar-refractivity contribution is -0.0285. The Morgan fingerprint density at radius 1 is 0.872 bits per heavy atom. The first-order valence-electron chi connectivity index (χ1n) is 30.3. The third-order valence-electron chi connectivity index (χ3n) is 15.0. The summed E-state index contributed by atoms with van der Waals surface area (Å²) in [6.07, 6.45) is 23.5. The fourth-order valence-electron chi connectivity index (χ4n) is 9.47. The van der Waals surface area contributed by atoms with E-state index >= 15 is 0 Å². The highest BCUT2D eigenvalue weighted by Crippen LogP contribution is 2.31. The molecule has 2 heterocycles. The van der Waals surface area contributed by atoms with E-state index in [4.69, 9.17) is 16.5 Å². The molecular weight excluding hydrogens is 963 g/mol. The molecule has 1 aliphatic carbocycles. The Kier molecular flexibility index (Phi) is 37.8. The van der Waals surface area contributed by atoms with Gasteiger partial charge in [0.2, 0.25) is 0 Å². The summed E-state index contributed by atoms with van der Waals surface area (Å²) in [5.41, 5.74) is 14.9.